The zero-order valence-corrected chi connectivity index (χ0v) is 24.4. The standard InChI is InChI=1S/C30H33N5O6S/c1-19-13-29(40-3)34-30(33-19)35-42(37,38)28-15-21(8-11-27(28)39-2)20-7-10-26-22(14-20)6-9-24(41-26)17-32-18-25(36)23-5-4-12-31-16-23/h4-5,7-8,10-16,24-25,32,36H,6,9,17-18H2,1-3H3,(H,33,34,35)/t24-,25+/m1/s1. The number of hydrogen-bond donors (Lipinski definition) is 3. The molecule has 3 N–H and O–H groups in total. The third-order valence-corrected chi connectivity index (χ3v) is 8.27. The van der Waals surface area contributed by atoms with Crippen molar-refractivity contribution in [1.82, 2.24) is 20.3 Å². The first-order valence-corrected chi connectivity index (χ1v) is 14.9. The number of pyridine rings is 1. The Kier molecular flexibility index (Phi) is 8.86. The Hall–Kier alpha value is -4.26. The number of anilines is 1. The zero-order chi connectivity index (χ0) is 29.7. The summed E-state index contributed by atoms with van der Waals surface area (Å²) in [6.07, 6.45) is 4.27. The lowest BCUT2D eigenvalue weighted by atomic mass is 9.97. The summed E-state index contributed by atoms with van der Waals surface area (Å²) in [7, 11) is -1.23. The summed E-state index contributed by atoms with van der Waals surface area (Å²) in [5.41, 5.74) is 3.91. The molecule has 0 spiro atoms. The predicted molar refractivity (Wildman–Crippen MR) is 157 cm³/mol. The Balaban J connectivity index is 1.29. The summed E-state index contributed by atoms with van der Waals surface area (Å²) in [4.78, 5) is 12.3. The van der Waals surface area contributed by atoms with E-state index in [0.29, 0.717) is 24.3 Å². The third-order valence-electron chi connectivity index (χ3n) is 6.92. The molecule has 0 bridgehead atoms. The number of aliphatic hydroxyl groups is 1. The minimum absolute atomic E-state index is 0.0317. The highest BCUT2D eigenvalue weighted by molar-refractivity contribution is 7.92. The molecule has 5 rings (SSSR count). The van der Waals surface area contributed by atoms with Crippen molar-refractivity contribution in [3.63, 3.8) is 0 Å². The summed E-state index contributed by atoms with van der Waals surface area (Å²) in [6, 6.07) is 16.1. The average Bonchev–Trinajstić information content (AvgIpc) is 3.00. The van der Waals surface area contributed by atoms with E-state index in [1.54, 1.807) is 43.6 Å². The van der Waals surface area contributed by atoms with Crippen LogP contribution in [0.5, 0.6) is 17.4 Å². The molecule has 12 heteroatoms. The molecule has 4 aromatic rings. The maximum atomic E-state index is 13.4. The minimum atomic E-state index is -4.09. The molecule has 0 aliphatic carbocycles. The Morgan fingerprint density at radius 1 is 1.07 bits per heavy atom. The highest BCUT2D eigenvalue weighted by atomic mass is 32.2. The quantitative estimate of drug-likeness (QED) is 0.236. The third kappa shape index (κ3) is 6.78. The number of aliphatic hydroxyl groups excluding tert-OH is 1. The van der Waals surface area contributed by atoms with Gasteiger partial charge in [0.2, 0.25) is 11.8 Å². The second-order valence-electron chi connectivity index (χ2n) is 9.91. The van der Waals surface area contributed by atoms with Gasteiger partial charge in [-0.05, 0) is 66.8 Å². The van der Waals surface area contributed by atoms with Gasteiger partial charge in [-0.2, -0.15) is 4.98 Å². The monoisotopic (exact) mass is 591 g/mol. The van der Waals surface area contributed by atoms with E-state index in [1.807, 2.05) is 30.3 Å². The van der Waals surface area contributed by atoms with Crippen molar-refractivity contribution in [2.45, 2.75) is 36.9 Å². The SMILES string of the molecule is COc1cc(C)nc(NS(=O)(=O)c2cc(-c3ccc4c(c3)CC[C@H](CNC[C@H](O)c3cccnc3)O4)ccc2OC)n1. The number of nitrogens with one attached hydrogen (secondary N) is 2. The molecule has 0 fully saturated rings. The van der Waals surface area contributed by atoms with Crippen molar-refractivity contribution < 1.29 is 27.7 Å². The topological polar surface area (TPSA) is 145 Å². The highest BCUT2D eigenvalue weighted by Crippen LogP contribution is 2.35. The first-order valence-electron chi connectivity index (χ1n) is 13.4. The van der Waals surface area contributed by atoms with Crippen LogP contribution in [0.3, 0.4) is 0 Å². The zero-order valence-electron chi connectivity index (χ0n) is 23.6. The van der Waals surface area contributed by atoms with Crippen molar-refractivity contribution in [2.75, 3.05) is 32.0 Å². The minimum Gasteiger partial charge on any atom is -0.495 e. The molecular formula is C30H33N5O6S. The van der Waals surface area contributed by atoms with E-state index in [0.717, 1.165) is 35.3 Å². The van der Waals surface area contributed by atoms with E-state index in [1.165, 1.54) is 14.2 Å². The fraction of sp³-hybridized carbons (Fsp3) is 0.300. The van der Waals surface area contributed by atoms with Crippen LogP contribution in [0.25, 0.3) is 11.1 Å². The molecule has 220 valence electrons. The number of aromatic nitrogens is 3. The molecule has 42 heavy (non-hydrogen) atoms. The lowest BCUT2D eigenvalue weighted by Gasteiger charge is -2.27. The van der Waals surface area contributed by atoms with Crippen molar-refractivity contribution >= 4 is 16.0 Å². The van der Waals surface area contributed by atoms with Gasteiger partial charge in [-0.15, -0.1) is 0 Å². The lowest BCUT2D eigenvalue weighted by molar-refractivity contribution is 0.146. The van der Waals surface area contributed by atoms with Gasteiger partial charge in [0.1, 0.15) is 22.5 Å². The first kappa shape index (κ1) is 29.2. The molecule has 2 aromatic carbocycles. The van der Waals surface area contributed by atoms with Crippen molar-refractivity contribution in [1.29, 1.82) is 0 Å². The largest absolute Gasteiger partial charge is 0.495 e. The smallest absolute Gasteiger partial charge is 0.267 e. The van der Waals surface area contributed by atoms with Gasteiger partial charge < -0.3 is 24.6 Å². The van der Waals surface area contributed by atoms with E-state index in [2.05, 4.69) is 25.0 Å². The van der Waals surface area contributed by atoms with Gasteiger partial charge in [0.05, 0.1) is 20.3 Å². The van der Waals surface area contributed by atoms with E-state index in [-0.39, 0.29) is 28.6 Å². The van der Waals surface area contributed by atoms with Gasteiger partial charge >= 0.3 is 0 Å². The summed E-state index contributed by atoms with van der Waals surface area (Å²) in [6.45, 7) is 2.72. The maximum Gasteiger partial charge on any atom is 0.267 e. The second kappa shape index (κ2) is 12.7. The van der Waals surface area contributed by atoms with Crippen LogP contribution < -0.4 is 24.2 Å². The van der Waals surface area contributed by atoms with E-state index in [9.17, 15) is 13.5 Å². The molecule has 0 radical (unpaired) electrons. The van der Waals surface area contributed by atoms with Crippen LogP contribution in [0.15, 0.2) is 71.9 Å². The molecule has 0 saturated heterocycles. The fourth-order valence-corrected chi connectivity index (χ4v) is 5.91. The van der Waals surface area contributed by atoms with E-state index in [4.69, 9.17) is 14.2 Å². The van der Waals surface area contributed by atoms with Gasteiger partial charge in [0, 0.05) is 42.8 Å². The molecular weight excluding hydrogens is 558 g/mol. The number of ether oxygens (including phenoxy) is 3. The summed E-state index contributed by atoms with van der Waals surface area (Å²) in [5.74, 6) is 1.13. The molecule has 2 atom stereocenters. The normalized spacial score (nSPS) is 15.3. The predicted octanol–water partition coefficient (Wildman–Crippen LogP) is 3.68. The van der Waals surface area contributed by atoms with Gasteiger partial charge in [-0.3, -0.25) is 4.98 Å². The molecule has 2 aromatic heterocycles. The Morgan fingerprint density at radius 3 is 2.64 bits per heavy atom. The van der Waals surface area contributed by atoms with E-state index < -0.39 is 16.1 Å². The van der Waals surface area contributed by atoms with Crippen molar-refractivity contribution in [3.05, 3.63) is 83.8 Å². The van der Waals surface area contributed by atoms with Crippen LogP contribution in [0, 0.1) is 6.92 Å². The van der Waals surface area contributed by atoms with Crippen LogP contribution in [0.1, 0.15) is 29.3 Å². The van der Waals surface area contributed by atoms with Gasteiger partial charge in [-0.1, -0.05) is 18.2 Å². The molecule has 3 heterocycles. The number of rotatable bonds is 11. The lowest BCUT2D eigenvalue weighted by Crippen LogP contribution is -2.36. The Labute approximate surface area is 245 Å². The number of methoxy groups -OCH3 is 2. The van der Waals surface area contributed by atoms with Crippen LogP contribution in [-0.4, -0.2) is 61.9 Å². The van der Waals surface area contributed by atoms with Crippen LogP contribution >= 0.6 is 0 Å². The van der Waals surface area contributed by atoms with Crippen LogP contribution in [0.4, 0.5) is 5.95 Å². The molecule has 0 amide bonds. The molecule has 0 saturated carbocycles. The highest BCUT2D eigenvalue weighted by Gasteiger charge is 2.24. The molecule has 0 unspecified atom stereocenters. The summed E-state index contributed by atoms with van der Waals surface area (Å²) in [5, 5.41) is 13.6. The van der Waals surface area contributed by atoms with Gasteiger partial charge in [0.15, 0.2) is 0 Å². The molecule has 11 nitrogen and oxygen atoms in total. The van der Waals surface area contributed by atoms with Gasteiger partial charge in [-0.25, -0.2) is 18.1 Å². The molecule has 1 aliphatic rings. The number of nitrogens with zero attached hydrogens (tertiary/aromatic N) is 3. The second-order valence-corrected chi connectivity index (χ2v) is 11.6. The number of benzene rings is 2. The number of hydrogen-bond acceptors (Lipinski definition) is 10. The van der Waals surface area contributed by atoms with Crippen molar-refractivity contribution in [2.24, 2.45) is 0 Å². The Morgan fingerprint density at radius 2 is 1.88 bits per heavy atom. The first-order chi connectivity index (χ1) is 20.3. The molecule has 1 aliphatic heterocycles. The number of sulfonamides is 1. The van der Waals surface area contributed by atoms with Crippen molar-refractivity contribution in [3.8, 4) is 28.5 Å². The summed E-state index contributed by atoms with van der Waals surface area (Å²) >= 11 is 0. The summed E-state index contributed by atoms with van der Waals surface area (Å²) < 4.78 is 46.0. The van der Waals surface area contributed by atoms with Crippen LogP contribution in [0.2, 0.25) is 0 Å². The van der Waals surface area contributed by atoms with Gasteiger partial charge in [0.25, 0.3) is 10.0 Å². The Bertz CT molecular complexity index is 1650. The van der Waals surface area contributed by atoms with E-state index >= 15 is 0 Å². The average molecular weight is 592 g/mol. The number of fused-ring (bicyclic) bond motifs is 1. The maximum absolute atomic E-state index is 13.4. The van der Waals surface area contributed by atoms with Crippen LogP contribution in [-0.2, 0) is 16.4 Å². The number of aryl methyl sites for hydroxylation is 2. The fourth-order valence-electron chi connectivity index (χ4n) is 4.77.